The van der Waals surface area contributed by atoms with Crippen molar-refractivity contribution in [2.75, 3.05) is 6.61 Å². The third-order valence-corrected chi connectivity index (χ3v) is 2.27. The van der Waals surface area contributed by atoms with E-state index in [0.717, 1.165) is 6.42 Å². The topological polar surface area (TPSA) is 40.5 Å². The molecule has 9 heavy (non-hydrogen) atoms. The van der Waals surface area contributed by atoms with E-state index < -0.39 is 0 Å². The summed E-state index contributed by atoms with van der Waals surface area (Å²) in [6.07, 6.45) is 0.660. The van der Waals surface area contributed by atoms with Gasteiger partial charge in [-0.1, -0.05) is 13.8 Å². The average molecular weight is 130 g/mol. The van der Waals surface area contributed by atoms with Crippen molar-refractivity contribution in [3.63, 3.8) is 0 Å². The minimum atomic E-state index is -0.289. The highest BCUT2D eigenvalue weighted by Crippen LogP contribution is 2.44. The van der Waals surface area contributed by atoms with Crippen molar-refractivity contribution in [1.82, 2.24) is 0 Å². The minimum absolute atomic E-state index is 0.0490. The summed E-state index contributed by atoms with van der Waals surface area (Å²) < 4.78 is 0. The van der Waals surface area contributed by atoms with Crippen LogP contribution >= 0.6 is 0 Å². The van der Waals surface area contributed by atoms with Gasteiger partial charge >= 0.3 is 0 Å². The van der Waals surface area contributed by atoms with E-state index in [-0.39, 0.29) is 24.0 Å². The number of aliphatic hydroxyl groups excluding tert-OH is 2. The van der Waals surface area contributed by atoms with Crippen molar-refractivity contribution < 1.29 is 10.2 Å². The molecule has 2 nitrogen and oxygen atoms in total. The number of hydrogen-bond acceptors (Lipinski definition) is 2. The van der Waals surface area contributed by atoms with E-state index >= 15 is 0 Å². The number of rotatable bonds is 1. The monoisotopic (exact) mass is 130 g/mol. The lowest BCUT2D eigenvalue weighted by Crippen LogP contribution is -2.50. The van der Waals surface area contributed by atoms with Crippen LogP contribution in [-0.4, -0.2) is 22.9 Å². The van der Waals surface area contributed by atoms with Crippen molar-refractivity contribution in [3.8, 4) is 0 Å². The molecule has 0 radical (unpaired) electrons. The standard InChI is InChI=1S/C7H14O2/c1-7(2)3-5(4-8)6(7)9/h5-6,8-9H,3-4H2,1-2H3/t5-,6-/m0/s1. The Morgan fingerprint density at radius 2 is 2.11 bits per heavy atom. The van der Waals surface area contributed by atoms with Gasteiger partial charge in [0.15, 0.2) is 0 Å². The Bertz CT molecular complexity index is 109. The summed E-state index contributed by atoms with van der Waals surface area (Å²) in [4.78, 5) is 0. The van der Waals surface area contributed by atoms with Crippen molar-refractivity contribution in [2.45, 2.75) is 26.4 Å². The Morgan fingerprint density at radius 1 is 1.56 bits per heavy atom. The molecule has 0 saturated heterocycles. The van der Waals surface area contributed by atoms with Crippen LogP contribution in [0.25, 0.3) is 0 Å². The van der Waals surface area contributed by atoms with Crippen LogP contribution in [0.3, 0.4) is 0 Å². The van der Waals surface area contributed by atoms with Gasteiger partial charge in [-0.15, -0.1) is 0 Å². The second-order valence-corrected chi connectivity index (χ2v) is 3.58. The molecule has 0 aromatic heterocycles. The fourth-order valence-corrected chi connectivity index (χ4v) is 1.55. The molecule has 0 aliphatic heterocycles. The van der Waals surface area contributed by atoms with E-state index in [0.29, 0.717) is 0 Å². The molecule has 1 fully saturated rings. The lowest BCUT2D eigenvalue weighted by molar-refractivity contribution is -0.115. The molecule has 1 saturated carbocycles. The molecule has 2 heteroatoms. The summed E-state index contributed by atoms with van der Waals surface area (Å²) in [5.74, 6) is 0.139. The van der Waals surface area contributed by atoms with Gasteiger partial charge in [0.1, 0.15) is 0 Å². The highest BCUT2D eigenvalue weighted by molar-refractivity contribution is 4.95. The summed E-state index contributed by atoms with van der Waals surface area (Å²) in [5.41, 5.74) is 0.0490. The summed E-state index contributed by atoms with van der Waals surface area (Å²) >= 11 is 0. The zero-order valence-corrected chi connectivity index (χ0v) is 5.96. The van der Waals surface area contributed by atoms with Gasteiger partial charge in [0.25, 0.3) is 0 Å². The van der Waals surface area contributed by atoms with Crippen molar-refractivity contribution in [3.05, 3.63) is 0 Å². The molecule has 2 N–H and O–H groups in total. The van der Waals surface area contributed by atoms with Gasteiger partial charge < -0.3 is 10.2 Å². The molecule has 0 bridgehead atoms. The van der Waals surface area contributed by atoms with Gasteiger partial charge in [-0.2, -0.15) is 0 Å². The Balaban J connectivity index is 2.41. The van der Waals surface area contributed by atoms with Crippen LogP contribution in [-0.2, 0) is 0 Å². The number of hydrogen-bond donors (Lipinski definition) is 2. The lowest BCUT2D eigenvalue weighted by atomic mass is 9.62. The summed E-state index contributed by atoms with van der Waals surface area (Å²) in [5, 5.41) is 17.9. The van der Waals surface area contributed by atoms with E-state index in [2.05, 4.69) is 0 Å². The maximum atomic E-state index is 9.28. The summed E-state index contributed by atoms with van der Waals surface area (Å²) in [6.45, 7) is 4.16. The van der Waals surface area contributed by atoms with E-state index in [9.17, 15) is 5.11 Å². The van der Waals surface area contributed by atoms with Crippen LogP contribution in [0.4, 0.5) is 0 Å². The Hall–Kier alpha value is -0.0800. The SMILES string of the molecule is CC1(C)C[C@@H](CO)[C@@H]1O. The van der Waals surface area contributed by atoms with Crippen molar-refractivity contribution in [2.24, 2.45) is 11.3 Å². The molecular formula is C7H14O2. The first-order valence-electron chi connectivity index (χ1n) is 3.37. The zero-order chi connectivity index (χ0) is 7.07. The molecule has 0 aromatic rings. The number of aliphatic hydroxyl groups is 2. The molecule has 1 aliphatic rings. The van der Waals surface area contributed by atoms with E-state index in [1.54, 1.807) is 0 Å². The molecule has 0 aromatic carbocycles. The van der Waals surface area contributed by atoms with Crippen LogP contribution in [0.2, 0.25) is 0 Å². The van der Waals surface area contributed by atoms with Crippen molar-refractivity contribution in [1.29, 1.82) is 0 Å². The molecule has 0 spiro atoms. The normalized spacial score (nSPS) is 40.0. The molecule has 1 aliphatic carbocycles. The van der Waals surface area contributed by atoms with Crippen LogP contribution in [0.5, 0.6) is 0 Å². The maximum absolute atomic E-state index is 9.28. The molecular weight excluding hydrogens is 116 g/mol. The fourth-order valence-electron chi connectivity index (χ4n) is 1.55. The smallest absolute Gasteiger partial charge is 0.0641 e. The average Bonchev–Trinajstić information content (AvgIpc) is 1.82. The van der Waals surface area contributed by atoms with Gasteiger partial charge in [-0.3, -0.25) is 0 Å². The van der Waals surface area contributed by atoms with Gasteiger partial charge in [0.05, 0.1) is 6.10 Å². The van der Waals surface area contributed by atoms with Gasteiger partial charge in [-0.25, -0.2) is 0 Å². The quantitative estimate of drug-likeness (QED) is 0.539. The first-order valence-corrected chi connectivity index (χ1v) is 3.37. The van der Waals surface area contributed by atoms with Crippen molar-refractivity contribution >= 4 is 0 Å². The summed E-state index contributed by atoms with van der Waals surface area (Å²) in [7, 11) is 0. The third-order valence-electron chi connectivity index (χ3n) is 2.27. The second-order valence-electron chi connectivity index (χ2n) is 3.58. The van der Waals surface area contributed by atoms with Crippen LogP contribution in [0, 0.1) is 11.3 Å². The van der Waals surface area contributed by atoms with Gasteiger partial charge in [0.2, 0.25) is 0 Å². The predicted molar refractivity (Wildman–Crippen MR) is 35.0 cm³/mol. The molecule has 2 atom stereocenters. The Kier molecular flexibility index (Phi) is 1.53. The minimum Gasteiger partial charge on any atom is -0.396 e. The molecule has 0 amide bonds. The van der Waals surface area contributed by atoms with E-state index in [4.69, 9.17) is 5.11 Å². The molecule has 1 rings (SSSR count). The third kappa shape index (κ3) is 0.970. The molecule has 0 heterocycles. The highest BCUT2D eigenvalue weighted by Gasteiger charge is 2.45. The Labute approximate surface area is 55.5 Å². The molecule has 54 valence electrons. The fraction of sp³-hybridized carbons (Fsp3) is 1.00. The van der Waals surface area contributed by atoms with Gasteiger partial charge in [0, 0.05) is 12.5 Å². The molecule has 0 unspecified atom stereocenters. The van der Waals surface area contributed by atoms with Crippen LogP contribution in [0.15, 0.2) is 0 Å². The largest absolute Gasteiger partial charge is 0.396 e. The van der Waals surface area contributed by atoms with E-state index in [1.165, 1.54) is 0 Å². The highest BCUT2D eigenvalue weighted by atomic mass is 16.3. The second kappa shape index (κ2) is 1.96. The van der Waals surface area contributed by atoms with E-state index in [1.807, 2.05) is 13.8 Å². The van der Waals surface area contributed by atoms with Crippen LogP contribution < -0.4 is 0 Å². The lowest BCUT2D eigenvalue weighted by Gasteiger charge is -2.47. The zero-order valence-electron chi connectivity index (χ0n) is 5.96. The van der Waals surface area contributed by atoms with Crippen LogP contribution in [0.1, 0.15) is 20.3 Å². The Morgan fingerprint density at radius 3 is 2.22 bits per heavy atom. The first kappa shape index (κ1) is 7.03. The predicted octanol–water partition coefficient (Wildman–Crippen LogP) is 0.386. The first-order chi connectivity index (χ1) is 4.08. The maximum Gasteiger partial charge on any atom is 0.0641 e. The van der Waals surface area contributed by atoms with Gasteiger partial charge in [-0.05, 0) is 11.8 Å². The summed E-state index contributed by atoms with van der Waals surface area (Å²) in [6, 6.07) is 0.